The monoisotopic (exact) mass is 902 g/mol. The van der Waals surface area contributed by atoms with Crippen LogP contribution in [-0.4, -0.2) is 103 Å². The second-order valence-corrected chi connectivity index (χ2v) is 21.9. The molecule has 2 fully saturated rings. The summed E-state index contributed by atoms with van der Waals surface area (Å²) >= 11 is 0. The Kier molecular flexibility index (Phi) is 14.9. The SMILES string of the molecule is CC[C@H]1Cc2cc(O)c(O[C@H]3C[C@@H](Cc4ccc[nH]4)C4=CCNC(N)=C4CSSC[C@H](CO)[C@@H]3O)cc2[C@@H]2C[C@@H](O)[C@H]3[C@@H](O)[C@@H]4CC[C@](CC)(C#C[C@@H]3C=C12)C[C@@H](NC[C@H](C)O)C4. The third-order valence-electron chi connectivity index (χ3n) is 15.4. The average molecular weight is 903 g/mol. The first-order chi connectivity index (χ1) is 30.4. The summed E-state index contributed by atoms with van der Waals surface area (Å²) in [5.74, 6) is 8.17. The van der Waals surface area contributed by atoms with E-state index in [1.54, 1.807) is 28.5 Å². The van der Waals surface area contributed by atoms with Gasteiger partial charge in [0.25, 0.3) is 0 Å². The number of H-pyrrole nitrogens is 1. The molecule has 63 heavy (non-hydrogen) atoms. The molecule has 2 aliphatic heterocycles. The van der Waals surface area contributed by atoms with E-state index in [4.69, 9.17) is 10.5 Å². The number of nitrogens with two attached hydrogens (primary N) is 1. The number of phenols is 1. The molecule has 1 aromatic heterocycles. The molecule has 1 aromatic carbocycles. The minimum Gasteiger partial charge on any atom is -0.504 e. The lowest BCUT2D eigenvalue weighted by Crippen LogP contribution is -2.44. The lowest BCUT2D eigenvalue weighted by Gasteiger charge is -2.37. The Balaban J connectivity index is 1.15. The smallest absolute Gasteiger partial charge is 0.161 e. The predicted octanol–water partition coefficient (Wildman–Crippen LogP) is 5.67. The summed E-state index contributed by atoms with van der Waals surface area (Å²) in [5, 5.41) is 76.5. The number of nitrogens with one attached hydrogen (secondary N) is 3. The fourth-order valence-corrected chi connectivity index (χ4v) is 14.3. The molecule has 2 aromatic rings. The maximum atomic E-state index is 12.4. The normalized spacial score (nSPS) is 36.3. The third-order valence-corrected chi connectivity index (χ3v) is 17.8. The van der Waals surface area contributed by atoms with Crippen molar-refractivity contribution in [1.29, 1.82) is 0 Å². The molecule has 6 aliphatic rings. The molecule has 2 bridgehead atoms. The minimum absolute atomic E-state index is 0.000828. The topological polar surface area (TPSA) is 196 Å². The van der Waals surface area contributed by atoms with Gasteiger partial charge in [-0.25, -0.2) is 0 Å². The van der Waals surface area contributed by atoms with Gasteiger partial charge in [-0.2, -0.15) is 0 Å². The van der Waals surface area contributed by atoms with Crippen molar-refractivity contribution in [3.05, 3.63) is 82.0 Å². The Bertz CT molecular complexity index is 2060. The van der Waals surface area contributed by atoms with Crippen LogP contribution < -0.4 is 21.1 Å². The average Bonchev–Trinajstić information content (AvgIpc) is 3.65. The highest BCUT2D eigenvalue weighted by atomic mass is 33.1. The Morgan fingerprint density at radius 1 is 1.10 bits per heavy atom. The van der Waals surface area contributed by atoms with Crippen molar-refractivity contribution in [2.45, 2.75) is 127 Å². The van der Waals surface area contributed by atoms with Gasteiger partial charge in [-0.05, 0) is 130 Å². The van der Waals surface area contributed by atoms with Gasteiger partial charge in [0.05, 0.1) is 24.4 Å². The standard InChI is InChI=1S/C50H70N4O7S2/c1-4-29-15-32-19-42(57)44(61-45-20-33(17-35-7-6-13-52-35)37-10-14-53-49(51)41(37)27-63-62-26-34(25-55)47(45)59)22-39(32)40-21-43(58)46-30(18-38(29)40)8-11-50(5-2)12-9-31(48(46)60)16-36(23-50)54-24-28(3)56/h6-7,10,13,18-19,22,28-31,33-34,36,40,43,45-48,52-60H,4-5,9,12,14-17,20-21,23-27,51H2,1-3H3/t28-,29-,30+,31+,33+,34-,36-,40+,43+,45-,46-,47-,48-,50-/m0/s1. The highest BCUT2D eigenvalue weighted by molar-refractivity contribution is 8.76. The summed E-state index contributed by atoms with van der Waals surface area (Å²) in [6, 6.07) is 7.90. The fourth-order valence-electron chi connectivity index (χ4n) is 11.8. The Hall–Kier alpha value is -3.06. The molecule has 14 atom stereocenters. The van der Waals surface area contributed by atoms with Crippen molar-refractivity contribution < 1.29 is 35.4 Å². The number of aromatic nitrogens is 1. The molecule has 1 saturated carbocycles. The van der Waals surface area contributed by atoms with E-state index >= 15 is 0 Å². The predicted molar refractivity (Wildman–Crippen MR) is 252 cm³/mol. The summed E-state index contributed by atoms with van der Waals surface area (Å²) < 4.78 is 6.90. The molecule has 0 spiro atoms. The molecular weight excluding hydrogens is 833 g/mol. The number of ether oxygens (including phenoxy) is 1. The number of aliphatic hydroxyl groups excluding tert-OH is 5. The number of allylic oxidation sites excluding steroid dienone is 3. The maximum Gasteiger partial charge on any atom is 0.161 e. The number of benzene rings is 1. The molecule has 0 radical (unpaired) electrons. The zero-order chi connectivity index (χ0) is 44.4. The maximum absolute atomic E-state index is 12.4. The molecular formula is C50H70N4O7S2. The molecule has 0 amide bonds. The summed E-state index contributed by atoms with van der Waals surface area (Å²) in [6.07, 6.45) is 9.81. The number of hydrogen-bond acceptors (Lipinski definition) is 12. The van der Waals surface area contributed by atoms with Crippen LogP contribution in [0, 0.1) is 52.8 Å². The van der Waals surface area contributed by atoms with Crippen molar-refractivity contribution in [2.24, 2.45) is 46.7 Å². The van der Waals surface area contributed by atoms with Gasteiger partial charge in [0.15, 0.2) is 11.5 Å². The molecule has 11 N–H and O–H groups in total. The summed E-state index contributed by atoms with van der Waals surface area (Å²) in [4.78, 5) is 3.36. The summed E-state index contributed by atoms with van der Waals surface area (Å²) in [6.45, 7) is 7.05. The van der Waals surface area contributed by atoms with Crippen LogP contribution in [0.15, 0.2) is 65.2 Å². The van der Waals surface area contributed by atoms with Gasteiger partial charge in [-0.1, -0.05) is 65.0 Å². The largest absolute Gasteiger partial charge is 0.504 e. The van der Waals surface area contributed by atoms with E-state index in [-0.39, 0.29) is 59.2 Å². The van der Waals surface area contributed by atoms with Crippen LogP contribution in [0.3, 0.4) is 0 Å². The first-order valence-corrected chi connectivity index (χ1v) is 26.0. The van der Waals surface area contributed by atoms with Crippen LogP contribution in [0.2, 0.25) is 0 Å². The second kappa shape index (κ2) is 20.2. The van der Waals surface area contributed by atoms with E-state index < -0.39 is 42.4 Å². The van der Waals surface area contributed by atoms with Crippen LogP contribution in [0.5, 0.6) is 11.5 Å². The highest BCUT2D eigenvalue weighted by Gasteiger charge is 2.47. The highest BCUT2D eigenvalue weighted by Crippen LogP contribution is 2.52. The van der Waals surface area contributed by atoms with E-state index in [0.717, 1.165) is 66.5 Å². The van der Waals surface area contributed by atoms with Gasteiger partial charge < -0.3 is 56.7 Å². The van der Waals surface area contributed by atoms with Crippen molar-refractivity contribution in [3.63, 3.8) is 0 Å². The molecule has 3 heterocycles. The van der Waals surface area contributed by atoms with Gasteiger partial charge in [0.2, 0.25) is 0 Å². The second-order valence-electron chi connectivity index (χ2n) is 19.4. The number of aliphatic hydroxyl groups is 5. The zero-order valence-corrected chi connectivity index (χ0v) is 38.8. The molecule has 11 nitrogen and oxygen atoms in total. The van der Waals surface area contributed by atoms with E-state index in [1.165, 1.54) is 5.57 Å². The summed E-state index contributed by atoms with van der Waals surface area (Å²) in [5.41, 5.74) is 12.8. The van der Waals surface area contributed by atoms with Crippen LogP contribution in [0.25, 0.3) is 0 Å². The zero-order valence-electron chi connectivity index (χ0n) is 37.1. The number of hydrogen-bond donors (Lipinski definition) is 10. The van der Waals surface area contributed by atoms with Crippen molar-refractivity contribution in [2.75, 3.05) is 31.2 Å². The van der Waals surface area contributed by atoms with E-state index in [1.807, 2.05) is 24.4 Å². The van der Waals surface area contributed by atoms with Crippen LogP contribution >= 0.6 is 21.6 Å². The van der Waals surface area contributed by atoms with E-state index in [0.29, 0.717) is 56.1 Å². The van der Waals surface area contributed by atoms with Gasteiger partial charge in [-0.15, -0.1) is 0 Å². The van der Waals surface area contributed by atoms with Crippen molar-refractivity contribution >= 4 is 21.6 Å². The lowest BCUT2D eigenvalue weighted by molar-refractivity contribution is -0.0360. The molecule has 1 saturated heterocycles. The van der Waals surface area contributed by atoms with Gasteiger partial charge in [-0.3, -0.25) is 0 Å². The quantitative estimate of drug-likeness (QED) is 0.0799. The third kappa shape index (κ3) is 10.0. The van der Waals surface area contributed by atoms with E-state index in [9.17, 15) is 30.6 Å². The summed E-state index contributed by atoms with van der Waals surface area (Å²) in [7, 11) is 3.27. The Labute approximate surface area is 381 Å². The first kappa shape index (κ1) is 46.5. The van der Waals surface area contributed by atoms with Gasteiger partial charge in [0, 0.05) is 83.8 Å². The van der Waals surface area contributed by atoms with Crippen LogP contribution in [0.4, 0.5) is 0 Å². The number of dihydropyridines is 1. The first-order valence-electron chi connectivity index (χ1n) is 23.5. The molecule has 13 heteroatoms. The number of aromatic amines is 1. The minimum atomic E-state index is -1.04. The Morgan fingerprint density at radius 2 is 1.94 bits per heavy atom. The number of phenolic OH excluding ortho intramolecular Hbond substituents is 1. The Morgan fingerprint density at radius 3 is 2.68 bits per heavy atom. The fraction of sp³-hybridized carbons (Fsp3) is 0.640. The molecule has 4 aliphatic carbocycles. The van der Waals surface area contributed by atoms with Crippen LogP contribution in [0.1, 0.15) is 94.9 Å². The number of rotatable bonds is 10. The van der Waals surface area contributed by atoms with E-state index in [2.05, 4.69) is 59.5 Å². The molecule has 344 valence electrons. The van der Waals surface area contributed by atoms with Crippen molar-refractivity contribution in [3.8, 4) is 23.3 Å². The van der Waals surface area contributed by atoms with Gasteiger partial charge >= 0.3 is 0 Å². The molecule has 8 rings (SSSR count). The molecule has 0 unspecified atom stereocenters. The number of fused-ring (bicyclic) bond motifs is 8. The lowest BCUT2D eigenvalue weighted by atomic mass is 9.70. The van der Waals surface area contributed by atoms with Gasteiger partial charge in [0.1, 0.15) is 11.9 Å². The van der Waals surface area contributed by atoms with Crippen LogP contribution in [-0.2, 0) is 12.8 Å². The van der Waals surface area contributed by atoms with Crippen molar-refractivity contribution in [1.82, 2.24) is 15.6 Å². The number of aromatic hydroxyl groups is 1.